The van der Waals surface area contributed by atoms with Crippen molar-refractivity contribution in [1.29, 1.82) is 5.26 Å². The molecule has 1 aliphatic rings. The summed E-state index contributed by atoms with van der Waals surface area (Å²) in [5.74, 6) is -1.26. The Morgan fingerprint density at radius 3 is 2.65 bits per heavy atom. The minimum absolute atomic E-state index is 0.124. The third kappa shape index (κ3) is 5.67. The zero-order valence-corrected chi connectivity index (χ0v) is 12.2. The van der Waals surface area contributed by atoms with Crippen molar-refractivity contribution in [3.05, 3.63) is 29.8 Å². The molecule has 0 aromatic heterocycles. The van der Waals surface area contributed by atoms with Gasteiger partial charge in [-0.3, -0.25) is 10.1 Å². The average molecular weight is 317 g/mol. The fraction of sp³-hybridized carbons (Fsp3) is 0.333. The van der Waals surface area contributed by atoms with Gasteiger partial charge in [0.25, 0.3) is 5.91 Å². The molecular weight excluding hydrogens is 302 g/mol. The monoisotopic (exact) mass is 317 g/mol. The van der Waals surface area contributed by atoms with Gasteiger partial charge in [-0.1, -0.05) is 12.1 Å². The van der Waals surface area contributed by atoms with Crippen LogP contribution in [0.1, 0.15) is 18.4 Å². The van der Waals surface area contributed by atoms with E-state index in [0.29, 0.717) is 0 Å². The predicted molar refractivity (Wildman–Crippen MR) is 77.3 cm³/mol. The topological polar surface area (TPSA) is 118 Å². The minimum Gasteiger partial charge on any atom is -0.481 e. The summed E-state index contributed by atoms with van der Waals surface area (Å²) < 4.78 is 9.84. The Bertz CT molecular complexity index is 649. The highest BCUT2D eigenvalue weighted by Gasteiger charge is 2.24. The molecule has 1 saturated carbocycles. The molecule has 0 aliphatic heterocycles. The normalized spacial score (nSPS) is 12.7. The molecule has 8 heteroatoms. The molecule has 0 spiro atoms. The molecule has 1 aliphatic carbocycles. The number of ether oxygens (including phenoxy) is 2. The van der Waals surface area contributed by atoms with E-state index in [0.717, 1.165) is 12.8 Å². The molecule has 0 atom stereocenters. The summed E-state index contributed by atoms with van der Waals surface area (Å²) in [7, 11) is 0. The lowest BCUT2D eigenvalue weighted by atomic mass is 10.2. The van der Waals surface area contributed by atoms with Gasteiger partial charge in [0.15, 0.2) is 13.2 Å². The largest absolute Gasteiger partial charge is 0.481 e. The lowest BCUT2D eigenvalue weighted by Gasteiger charge is -2.08. The highest BCUT2D eigenvalue weighted by molar-refractivity contribution is 5.95. The van der Waals surface area contributed by atoms with Gasteiger partial charge in [0, 0.05) is 6.04 Å². The summed E-state index contributed by atoms with van der Waals surface area (Å²) >= 11 is 0. The second kappa shape index (κ2) is 7.79. The number of benzene rings is 1. The van der Waals surface area contributed by atoms with Gasteiger partial charge in [0.1, 0.15) is 11.8 Å². The number of carbonyl (C=O) groups excluding carboxylic acids is 3. The molecule has 3 amide bonds. The van der Waals surface area contributed by atoms with E-state index >= 15 is 0 Å². The molecule has 1 aromatic rings. The number of nitriles is 1. The van der Waals surface area contributed by atoms with Gasteiger partial charge in [0.05, 0.1) is 5.56 Å². The Morgan fingerprint density at radius 1 is 1.22 bits per heavy atom. The third-order valence-corrected chi connectivity index (χ3v) is 2.88. The summed E-state index contributed by atoms with van der Waals surface area (Å²) in [5.41, 5.74) is 0.287. The van der Waals surface area contributed by atoms with Crippen LogP contribution in [0, 0.1) is 11.3 Å². The number of para-hydroxylation sites is 1. The standard InChI is InChI=1S/C15H15N3O5/c16-7-10-3-1-2-4-12(10)22-9-14(20)23-8-13(19)18-15(21)17-11-5-6-11/h1-4,11H,5-6,8-9H2,(H2,17,18,19,21). The maximum atomic E-state index is 11.5. The molecule has 2 N–H and O–H groups in total. The van der Waals surface area contributed by atoms with Crippen LogP contribution < -0.4 is 15.4 Å². The van der Waals surface area contributed by atoms with Gasteiger partial charge in [-0.2, -0.15) is 5.26 Å². The quantitative estimate of drug-likeness (QED) is 0.736. The van der Waals surface area contributed by atoms with Crippen LogP contribution in [0.15, 0.2) is 24.3 Å². The number of hydrogen-bond acceptors (Lipinski definition) is 6. The van der Waals surface area contributed by atoms with E-state index in [1.54, 1.807) is 24.3 Å². The number of rotatable bonds is 6. The molecule has 0 bridgehead atoms. The van der Waals surface area contributed by atoms with E-state index in [-0.39, 0.29) is 17.4 Å². The number of nitrogens with zero attached hydrogens (tertiary/aromatic N) is 1. The minimum atomic E-state index is -0.782. The zero-order valence-electron chi connectivity index (χ0n) is 12.2. The predicted octanol–water partition coefficient (Wildman–Crippen LogP) is 0.468. The average Bonchev–Trinajstić information content (AvgIpc) is 3.34. The number of carbonyl (C=O) groups is 3. The summed E-state index contributed by atoms with van der Waals surface area (Å²) in [4.78, 5) is 34.2. The van der Waals surface area contributed by atoms with E-state index in [1.165, 1.54) is 0 Å². The number of imide groups is 1. The molecule has 2 rings (SSSR count). The summed E-state index contributed by atoms with van der Waals surface area (Å²) in [5, 5.41) is 13.5. The van der Waals surface area contributed by atoms with Gasteiger partial charge >= 0.3 is 12.0 Å². The number of esters is 1. The number of nitrogens with one attached hydrogen (secondary N) is 2. The second-order valence-corrected chi connectivity index (χ2v) is 4.85. The van der Waals surface area contributed by atoms with Crippen LogP contribution in [-0.2, 0) is 14.3 Å². The molecule has 1 aromatic carbocycles. The van der Waals surface area contributed by atoms with E-state index in [2.05, 4.69) is 10.1 Å². The molecule has 0 radical (unpaired) electrons. The Kier molecular flexibility index (Phi) is 5.52. The number of amides is 3. The fourth-order valence-electron chi connectivity index (χ4n) is 1.62. The van der Waals surface area contributed by atoms with E-state index in [9.17, 15) is 14.4 Å². The Morgan fingerprint density at radius 2 is 1.96 bits per heavy atom. The van der Waals surface area contributed by atoms with E-state index in [4.69, 9.17) is 10.00 Å². The molecule has 0 unspecified atom stereocenters. The summed E-state index contributed by atoms with van der Waals surface area (Å²) in [6, 6.07) is 7.86. The summed E-state index contributed by atoms with van der Waals surface area (Å²) in [6.45, 7) is -1.03. The van der Waals surface area contributed by atoms with Gasteiger partial charge in [-0.25, -0.2) is 9.59 Å². The van der Waals surface area contributed by atoms with E-state index in [1.807, 2.05) is 11.4 Å². The number of hydrogen-bond donors (Lipinski definition) is 2. The highest BCUT2D eigenvalue weighted by atomic mass is 16.6. The van der Waals surface area contributed by atoms with Crippen molar-refractivity contribution in [3.63, 3.8) is 0 Å². The molecule has 120 valence electrons. The molecule has 1 fully saturated rings. The lowest BCUT2D eigenvalue weighted by molar-refractivity contribution is -0.150. The van der Waals surface area contributed by atoms with Crippen LogP contribution in [-0.4, -0.2) is 37.2 Å². The SMILES string of the molecule is N#Cc1ccccc1OCC(=O)OCC(=O)NC(=O)NC1CC1. The molecule has 0 heterocycles. The first-order valence-corrected chi connectivity index (χ1v) is 6.96. The van der Waals surface area contributed by atoms with Crippen LogP contribution in [0.4, 0.5) is 4.79 Å². The molecular formula is C15H15N3O5. The Balaban J connectivity index is 1.67. The van der Waals surface area contributed by atoms with Gasteiger partial charge in [0.2, 0.25) is 0 Å². The van der Waals surface area contributed by atoms with Crippen molar-refractivity contribution >= 4 is 17.9 Å². The zero-order chi connectivity index (χ0) is 16.7. The van der Waals surface area contributed by atoms with Crippen LogP contribution in [0.25, 0.3) is 0 Å². The molecule has 0 saturated heterocycles. The van der Waals surface area contributed by atoms with Gasteiger partial charge in [-0.05, 0) is 25.0 Å². The van der Waals surface area contributed by atoms with Crippen LogP contribution >= 0.6 is 0 Å². The van der Waals surface area contributed by atoms with Gasteiger partial charge in [-0.15, -0.1) is 0 Å². The Hall–Kier alpha value is -3.08. The van der Waals surface area contributed by atoms with Gasteiger partial charge < -0.3 is 14.8 Å². The van der Waals surface area contributed by atoms with Crippen LogP contribution in [0.3, 0.4) is 0 Å². The third-order valence-electron chi connectivity index (χ3n) is 2.88. The van der Waals surface area contributed by atoms with Crippen molar-refractivity contribution in [2.24, 2.45) is 0 Å². The van der Waals surface area contributed by atoms with Crippen molar-refractivity contribution in [1.82, 2.24) is 10.6 Å². The summed E-state index contributed by atoms with van der Waals surface area (Å²) in [6.07, 6.45) is 1.80. The molecule has 8 nitrogen and oxygen atoms in total. The first kappa shape index (κ1) is 16.3. The first-order chi connectivity index (χ1) is 11.1. The lowest BCUT2D eigenvalue weighted by Crippen LogP contribution is -2.42. The maximum absolute atomic E-state index is 11.5. The van der Waals surface area contributed by atoms with E-state index < -0.39 is 31.1 Å². The Labute approximate surface area is 132 Å². The van der Waals surface area contributed by atoms with Crippen LogP contribution in [0.5, 0.6) is 5.75 Å². The number of urea groups is 1. The van der Waals surface area contributed by atoms with Crippen molar-refractivity contribution < 1.29 is 23.9 Å². The molecule has 23 heavy (non-hydrogen) atoms. The highest BCUT2D eigenvalue weighted by Crippen LogP contribution is 2.18. The first-order valence-electron chi connectivity index (χ1n) is 6.96. The second-order valence-electron chi connectivity index (χ2n) is 4.85. The van der Waals surface area contributed by atoms with Crippen molar-refractivity contribution in [2.75, 3.05) is 13.2 Å². The van der Waals surface area contributed by atoms with Crippen molar-refractivity contribution in [2.45, 2.75) is 18.9 Å². The fourth-order valence-corrected chi connectivity index (χ4v) is 1.62. The smallest absolute Gasteiger partial charge is 0.344 e. The van der Waals surface area contributed by atoms with Crippen LogP contribution in [0.2, 0.25) is 0 Å². The maximum Gasteiger partial charge on any atom is 0.344 e. The van der Waals surface area contributed by atoms with Crippen molar-refractivity contribution in [3.8, 4) is 11.8 Å².